The van der Waals surface area contributed by atoms with Crippen molar-refractivity contribution < 1.29 is 13.2 Å². The van der Waals surface area contributed by atoms with Crippen LogP contribution in [0.4, 0.5) is 13.2 Å². The fraction of sp³-hybridized carbons (Fsp3) is 0.250. The molecule has 1 aromatic carbocycles. The summed E-state index contributed by atoms with van der Waals surface area (Å²) in [4.78, 5) is 25.8. The zero-order valence-electron chi connectivity index (χ0n) is 14.8. The lowest BCUT2D eigenvalue weighted by Gasteiger charge is -2.28. The average molecular weight is 386 g/mol. The molecule has 0 bridgehead atoms. The Labute approximate surface area is 158 Å². The van der Waals surface area contributed by atoms with Crippen molar-refractivity contribution >= 4 is 0 Å². The van der Waals surface area contributed by atoms with Gasteiger partial charge in [-0.15, -0.1) is 0 Å². The second-order valence-corrected chi connectivity index (χ2v) is 6.74. The zero-order valence-corrected chi connectivity index (χ0v) is 14.8. The molecule has 0 radical (unpaired) electrons. The van der Waals surface area contributed by atoms with Crippen molar-refractivity contribution in [3.63, 3.8) is 0 Å². The molecule has 0 amide bonds. The van der Waals surface area contributed by atoms with Gasteiger partial charge in [-0.1, -0.05) is 18.2 Å². The van der Waals surface area contributed by atoms with Gasteiger partial charge in [0.15, 0.2) is 0 Å². The molecule has 1 aliphatic rings. The lowest BCUT2D eigenvalue weighted by molar-refractivity contribution is -0.137. The SMILES string of the molecule is O=c1[nH]c(-c2cccnc2)nc2c1CCN(Cc1cccc(C(F)(F)F)c1)C2. The number of benzene rings is 1. The fourth-order valence-electron chi connectivity index (χ4n) is 3.37. The number of aromatic nitrogens is 3. The Balaban J connectivity index is 1.58. The molecule has 4 rings (SSSR count). The first kappa shape index (κ1) is 18.4. The van der Waals surface area contributed by atoms with E-state index in [1.807, 2.05) is 4.90 Å². The Bertz CT molecular complexity index is 1050. The van der Waals surface area contributed by atoms with Crippen LogP contribution in [0.25, 0.3) is 11.4 Å². The van der Waals surface area contributed by atoms with E-state index in [-0.39, 0.29) is 5.56 Å². The maximum Gasteiger partial charge on any atom is 0.416 e. The van der Waals surface area contributed by atoms with E-state index in [9.17, 15) is 18.0 Å². The molecular formula is C20H17F3N4O. The number of rotatable bonds is 3. The summed E-state index contributed by atoms with van der Waals surface area (Å²) in [5, 5.41) is 0. The molecule has 5 nitrogen and oxygen atoms in total. The van der Waals surface area contributed by atoms with Crippen LogP contribution in [0.3, 0.4) is 0 Å². The highest BCUT2D eigenvalue weighted by molar-refractivity contribution is 5.53. The van der Waals surface area contributed by atoms with Gasteiger partial charge in [0.2, 0.25) is 0 Å². The minimum atomic E-state index is -4.36. The van der Waals surface area contributed by atoms with E-state index in [0.29, 0.717) is 54.3 Å². The third-order valence-corrected chi connectivity index (χ3v) is 4.75. The average Bonchev–Trinajstić information content (AvgIpc) is 2.68. The third-order valence-electron chi connectivity index (χ3n) is 4.75. The van der Waals surface area contributed by atoms with Crippen molar-refractivity contribution in [2.75, 3.05) is 6.54 Å². The first-order chi connectivity index (χ1) is 13.4. The normalized spacial score (nSPS) is 14.7. The monoisotopic (exact) mass is 386 g/mol. The highest BCUT2D eigenvalue weighted by Crippen LogP contribution is 2.30. The van der Waals surface area contributed by atoms with Gasteiger partial charge in [-0.3, -0.25) is 14.7 Å². The van der Waals surface area contributed by atoms with Crippen LogP contribution in [0.2, 0.25) is 0 Å². The van der Waals surface area contributed by atoms with Crippen molar-refractivity contribution in [2.24, 2.45) is 0 Å². The van der Waals surface area contributed by atoms with Crippen LogP contribution in [0.5, 0.6) is 0 Å². The molecule has 144 valence electrons. The second-order valence-electron chi connectivity index (χ2n) is 6.74. The number of nitrogens with zero attached hydrogens (tertiary/aromatic N) is 3. The molecule has 0 saturated heterocycles. The number of aromatic amines is 1. The molecule has 0 spiro atoms. The van der Waals surface area contributed by atoms with Gasteiger partial charge in [0, 0.05) is 43.2 Å². The number of fused-ring (bicyclic) bond motifs is 1. The first-order valence-corrected chi connectivity index (χ1v) is 8.81. The number of hydrogen-bond acceptors (Lipinski definition) is 4. The van der Waals surface area contributed by atoms with E-state index < -0.39 is 11.7 Å². The van der Waals surface area contributed by atoms with Gasteiger partial charge in [0.1, 0.15) is 5.82 Å². The Morgan fingerprint density at radius 3 is 2.79 bits per heavy atom. The Morgan fingerprint density at radius 1 is 1.18 bits per heavy atom. The summed E-state index contributed by atoms with van der Waals surface area (Å²) in [6, 6.07) is 8.89. The van der Waals surface area contributed by atoms with E-state index >= 15 is 0 Å². The molecule has 28 heavy (non-hydrogen) atoms. The summed E-state index contributed by atoms with van der Waals surface area (Å²) in [7, 11) is 0. The van der Waals surface area contributed by atoms with E-state index in [2.05, 4.69) is 15.0 Å². The summed E-state index contributed by atoms with van der Waals surface area (Å²) in [6.07, 6.45) is -0.605. The van der Waals surface area contributed by atoms with Gasteiger partial charge in [0.25, 0.3) is 5.56 Å². The summed E-state index contributed by atoms with van der Waals surface area (Å²) in [6.45, 7) is 1.35. The molecule has 1 aliphatic heterocycles. The predicted octanol–water partition coefficient (Wildman–Crippen LogP) is 3.41. The number of alkyl halides is 3. The Morgan fingerprint density at radius 2 is 2.04 bits per heavy atom. The third kappa shape index (κ3) is 3.82. The van der Waals surface area contributed by atoms with Crippen LogP contribution >= 0.6 is 0 Å². The largest absolute Gasteiger partial charge is 0.416 e. The van der Waals surface area contributed by atoms with Crippen molar-refractivity contribution in [1.29, 1.82) is 0 Å². The number of hydrogen-bond donors (Lipinski definition) is 1. The predicted molar refractivity (Wildman–Crippen MR) is 97.4 cm³/mol. The first-order valence-electron chi connectivity index (χ1n) is 8.81. The standard InChI is InChI=1S/C20H17F3N4O/c21-20(22,23)15-5-1-3-13(9-15)11-27-8-6-16-17(12-27)25-18(26-19(16)28)14-4-2-7-24-10-14/h1-5,7,9-10H,6,8,11-12H2,(H,25,26,28). The van der Waals surface area contributed by atoms with Gasteiger partial charge >= 0.3 is 6.18 Å². The summed E-state index contributed by atoms with van der Waals surface area (Å²) >= 11 is 0. The molecule has 0 saturated carbocycles. The number of nitrogens with one attached hydrogen (secondary N) is 1. The van der Waals surface area contributed by atoms with Gasteiger partial charge in [-0.05, 0) is 30.2 Å². The van der Waals surface area contributed by atoms with Crippen molar-refractivity contribution in [1.82, 2.24) is 19.9 Å². The van der Waals surface area contributed by atoms with Crippen LogP contribution in [-0.2, 0) is 25.7 Å². The van der Waals surface area contributed by atoms with E-state index in [1.165, 1.54) is 12.1 Å². The van der Waals surface area contributed by atoms with Crippen LogP contribution in [-0.4, -0.2) is 26.4 Å². The molecule has 0 fully saturated rings. The fourth-order valence-corrected chi connectivity index (χ4v) is 3.37. The van der Waals surface area contributed by atoms with Crippen molar-refractivity contribution in [3.8, 4) is 11.4 Å². The highest BCUT2D eigenvalue weighted by atomic mass is 19.4. The van der Waals surface area contributed by atoms with Crippen LogP contribution in [0, 0.1) is 0 Å². The van der Waals surface area contributed by atoms with E-state index in [4.69, 9.17) is 0 Å². The Kier molecular flexibility index (Phi) is 4.72. The van der Waals surface area contributed by atoms with Gasteiger partial charge in [-0.25, -0.2) is 4.98 Å². The van der Waals surface area contributed by atoms with Crippen LogP contribution in [0.1, 0.15) is 22.4 Å². The van der Waals surface area contributed by atoms with Crippen LogP contribution in [0.15, 0.2) is 53.6 Å². The molecule has 1 N–H and O–H groups in total. The smallest absolute Gasteiger partial charge is 0.306 e. The zero-order chi connectivity index (χ0) is 19.7. The molecule has 0 atom stereocenters. The van der Waals surface area contributed by atoms with Gasteiger partial charge < -0.3 is 4.98 Å². The summed E-state index contributed by atoms with van der Waals surface area (Å²) < 4.78 is 38.8. The lowest BCUT2D eigenvalue weighted by atomic mass is 10.0. The molecule has 3 aromatic rings. The van der Waals surface area contributed by atoms with Crippen LogP contribution < -0.4 is 5.56 Å². The van der Waals surface area contributed by atoms with Gasteiger partial charge in [0.05, 0.1) is 11.3 Å². The maximum atomic E-state index is 12.9. The summed E-state index contributed by atoms with van der Waals surface area (Å²) in [5.41, 5.74) is 1.74. The number of pyridine rings is 1. The topological polar surface area (TPSA) is 61.9 Å². The van der Waals surface area contributed by atoms with E-state index in [0.717, 1.165) is 6.07 Å². The number of H-pyrrole nitrogens is 1. The minimum Gasteiger partial charge on any atom is -0.306 e. The van der Waals surface area contributed by atoms with E-state index in [1.54, 1.807) is 30.6 Å². The maximum absolute atomic E-state index is 12.9. The quantitative estimate of drug-likeness (QED) is 0.749. The molecule has 0 aliphatic carbocycles. The molecule has 2 aromatic heterocycles. The second kappa shape index (κ2) is 7.20. The molecule has 3 heterocycles. The lowest BCUT2D eigenvalue weighted by Crippen LogP contribution is -2.35. The molecule has 8 heteroatoms. The van der Waals surface area contributed by atoms with Gasteiger partial charge in [-0.2, -0.15) is 13.2 Å². The van der Waals surface area contributed by atoms with Crippen molar-refractivity contribution in [2.45, 2.75) is 25.7 Å². The van der Waals surface area contributed by atoms with Crippen molar-refractivity contribution in [3.05, 3.63) is 81.5 Å². The minimum absolute atomic E-state index is 0.178. The summed E-state index contributed by atoms with van der Waals surface area (Å²) in [5.74, 6) is 0.442. The highest BCUT2D eigenvalue weighted by Gasteiger charge is 2.30. The number of halogens is 3. The Hall–Kier alpha value is -3.00. The molecular weight excluding hydrogens is 369 g/mol. The molecule has 0 unspecified atom stereocenters.